The summed E-state index contributed by atoms with van der Waals surface area (Å²) >= 11 is 0. The molecule has 8 heteroatoms. The Hall–Kier alpha value is -2.71. The van der Waals surface area contributed by atoms with E-state index in [9.17, 15) is 14.7 Å². The average Bonchev–Trinajstić information content (AvgIpc) is 3.14. The van der Waals surface area contributed by atoms with Crippen molar-refractivity contribution in [3.05, 3.63) is 48.3 Å². The molecule has 0 radical (unpaired) electrons. The van der Waals surface area contributed by atoms with Crippen molar-refractivity contribution in [1.29, 1.82) is 0 Å². The van der Waals surface area contributed by atoms with Crippen LogP contribution in [0.25, 0.3) is 5.69 Å². The number of benzene rings is 1. The Bertz CT molecular complexity index is 806. The fourth-order valence-electron chi connectivity index (χ4n) is 3.55. The highest BCUT2D eigenvalue weighted by atomic mass is 16.3. The third-order valence-electron chi connectivity index (χ3n) is 4.91. The van der Waals surface area contributed by atoms with E-state index in [1.165, 1.54) is 0 Å². The minimum atomic E-state index is -0.811. The number of piperazine rings is 2. The van der Waals surface area contributed by atoms with Crippen LogP contribution in [0.5, 0.6) is 0 Å². The molecule has 0 aliphatic carbocycles. The molecule has 2 saturated heterocycles. The van der Waals surface area contributed by atoms with E-state index in [0.29, 0.717) is 26.2 Å². The maximum absolute atomic E-state index is 12.3. The van der Waals surface area contributed by atoms with Crippen LogP contribution in [0.3, 0.4) is 0 Å². The number of carbonyl (C=O) groups excluding carboxylic acids is 2. The van der Waals surface area contributed by atoms with Gasteiger partial charge in [-0.05, 0) is 12.1 Å². The summed E-state index contributed by atoms with van der Waals surface area (Å²) < 4.78 is 1.83. The Morgan fingerprint density at radius 1 is 1.19 bits per heavy atom. The zero-order valence-electron chi connectivity index (χ0n) is 14.3. The van der Waals surface area contributed by atoms with Crippen LogP contribution in [0.15, 0.2) is 42.7 Å². The van der Waals surface area contributed by atoms with Gasteiger partial charge in [0.25, 0.3) is 0 Å². The summed E-state index contributed by atoms with van der Waals surface area (Å²) in [7, 11) is 0. The van der Waals surface area contributed by atoms with Crippen molar-refractivity contribution in [2.24, 2.45) is 0 Å². The SMILES string of the molecule is O=C1N[C@H](CO)C(=O)N2CCN(Cc3cnn(-c4ccccc4)c3)C[C@H]12. The normalized spacial score (nSPS) is 23.7. The van der Waals surface area contributed by atoms with E-state index in [1.807, 2.05) is 47.4 Å². The number of aliphatic hydroxyl groups excluding tert-OH is 1. The van der Waals surface area contributed by atoms with Crippen molar-refractivity contribution >= 4 is 11.8 Å². The molecule has 0 saturated carbocycles. The quantitative estimate of drug-likeness (QED) is 0.763. The first-order chi connectivity index (χ1) is 12.7. The molecule has 26 heavy (non-hydrogen) atoms. The van der Waals surface area contributed by atoms with Crippen LogP contribution in [0.4, 0.5) is 0 Å². The number of fused-ring (bicyclic) bond motifs is 1. The van der Waals surface area contributed by atoms with Crippen molar-refractivity contribution in [2.45, 2.75) is 18.6 Å². The highest BCUT2D eigenvalue weighted by Crippen LogP contribution is 2.18. The van der Waals surface area contributed by atoms with Crippen LogP contribution in [0.1, 0.15) is 5.56 Å². The largest absolute Gasteiger partial charge is 0.394 e. The molecule has 2 aliphatic rings. The number of carbonyl (C=O) groups is 2. The number of aromatic nitrogens is 2. The van der Waals surface area contributed by atoms with E-state index in [1.54, 1.807) is 4.90 Å². The smallest absolute Gasteiger partial charge is 0.248 e. The lowest BCUT2D eigenvalue weighted by Gasteiger charge is -2.44. The summed E-state index contributed by atoms with van der Waals surface area (Å²) in [5.74, 6) is -0.401. The Kier molecular flexibility index (Phi) is 4.44. The van der Waals surface area contributed by atoms with Crippen LogP contribution in [-0.2, 0) is 16.1 Å². The number of hydrogen-bond donors (Lipinski definition) is 2. The van der Waals surface area contributed by atoms with Gasteiger partial charge in [0, 0.05) is 37.9 Å². The minimum absolute atomic E-state index is 0.200. The van der Waals surface area contributed by atoms with Crippen LogP contribution < -0.4 is 5.32 Å². The zero-order chi connectivity index (χ0) is 18.1. The first-order valence-corrected chi connectivity index (χ1v) is 8.69. The molecule has 3 heterocycles. The lowest BCUT2D eigenvalue weighted by Crippen LogP contribution is -2.69. The summed E-state index contributed by atoms with van der Waals surface area (Å²) in [6, 6.07) is 8.57. The van der Waals surface area contributed by atoms with Gasteiger partial charge in [-0.15, -0.1) is 0 Å². The van der Waals surface area contributed by atoms with Gasteiger partial charge in [0.2, 0.25) is 11.8 Å². The molecular formula is C18H21N5O3. The predicted octanol–water partition coefficient (Wildman–Crippen LogP) is -0.624. The second-order valence-electron chi connectivity index (χ2n) is 6.65. The second kappa shape index (κ2) is 6.89. The first kappa shape index (κ1) is 16.7. The first-order valence-electron chi connectivity index (χ1n) is 8.69. The van der Waals surface area contributed by atoms with Gasteiger partial charge in [-0.3, -0.25) is 14.5 Å². The second-order valence-corrected chi connectivity index (χ2v) is 6.65. The Labute approximate surface area is 151 Å². The van der Waals surface area contributed by atoms with Crippen LogP contribution in [0, 0.1) is 0 Å². The van der Waals surface area contributed by atoms with Gasteiger partial charge in [0.15, 0.2) is 0 Å². The van der Waals surface area contributed by atoms with Crippen molar-refractivity contribution in [1.82, 2.24) is 24.9 Å². The van der Waals surface area contributed by atoms with Crippen LogP contribution in [0.2, 0.25) is 0 Å². The molecule has 2 N–H and O–H groups in total. The number of amides is 2. The molecule has 8 nitrogen and oxygen atoms in total. The molecule has 0 bridgehead atoms. The maximum atomic E-state index is 12.3. The summed E-state index contributed by atoms with van der Waals surface area (Å²) in [5.41, 5.74) is 2.05. The van der Waals surface area contributed by atoms with Crippen molar-refractivity contribution in [3.8, 4) is 5.69 Å². The lowest BCUT2D eigenvalue weighted by molar-refractivity contribution is -0.154. The van der Waals surface area contributed by atoms with Crippen molar-refractivity contribution in [3.63, 3.8) is 0 Å². The van der Waals surface area contributed by atoms with E-state index < -0.39 is 12.1 Å². The lowest BCUT2D eigenvalue weighted by atomic mass is 10.0. The molecule has 4 rings (SSSR count). The third kappa shape index (κ3) is 3.09. The van der Waals surface area contributed by atoms with E-state index in [0.717, 1.165) is 11.3 Å². The van der Waals surface area contributed by atoms with E-state index in [2.05, 4.69) is 15.3 Å². The highest BCUT2D eigenvalue weighted by Gasteiger charge is 2.43. The monoisotopic (exact) mass is 355 g/mol. The van der Waals surface area contributed by atoms with Gasteiger partial charge in [0.05, 0.1) is 18.5 Å². The predicted molar refractivity (Wildman–Crippen MR) is 93.4 cm³/mol. The van der Waals surface area contributed by atoms with Gasteiger partial charge in [-0.25, -0.2) is 4.68 Å². The number of nitrogens with one attached hydrogen (secondary N) is 1. The molecule has 1 aromatic heterocycles. The number of aliphatic hydroxyl groups is 1. The molecule has 0 spiro atoms. The molecule has 2 atom stereocenters. The Morgan fingerprint density at radius 3 is 2.77 bits per heavy atom. The molecule has 2 aliphatic heterocycles. The van der Waals surface area contributed by atoms with E-state index >= 15 is 0 Å². The molecule has 2 fully saturated rings. The molecule has 2 aromatic rings. The highest BCUT2D eigenvalue weighted by molar-refractivity contribution is 5.97. The molecular weight excluding hydrogens is 334 g/mol. The van der Waals surface area contributed by atoms with Gasteiger partial charge >= 0.3 is 0 Å². The van der Waals surface area contributed by atoms with Crippen molar-refractivity contribution in [2.75, 3.05) is 26.2 Å². The summed E-state index contributed by atoms with van der Waals surface area (Å²) in [6.45, 7) is 1.95. The van der Waals surface area contributed by atoms with Gasteiger partial charge in [-0.1, -0.05) is 18.2 Å². The minimum Gasteiger partial charge on any atom is -0.394 e. The van der Waals surface area contributed by atoms with E-state index in [4.69, 9.17) is 0 Å². The molecule has 0 unspecified atom stereocenters. The number of rotatable bonds is 4. The topological polar surface area (TPSA) is 90.7 Å². The fourth-order valence-corrected chi connectivity index (χ4v) is 3.55. The van der Waals surface area contributed by atoms with Crippen molar-refractivity contribution < 1.29 is 14.7 Å². The fraction of sp³-hybridized carbons (Fsp3) is 0.389. The molecule has 136 valence electrons. The number of nitrogens with zero attached hydrogens (tertiary/aromatic N) is 4. The molecule has 1 aromatic carbocycles. The maximum Gasteiger partial charge on any atom is 0.248 e. The standard InChI is InChI=1S/C18H21N5O3/c24-12-15-18(26)22-7-6-21(11-16(22)17(25)20-15)9-13-8-19-23(10-13)14-4-2-1-3-5-14/h1-5,8,10,15-16,24H,6-7,9,11-12H2,(H,20,25)/t15-,16-/m1/s1. The Morgan fingerprint density at radius 2 is 2.00 bits per heavy atom. The molecule has 2 amide bonds. The number of para-hydroxylation sites is 1. The zero-order valence-corrected chi connectivity index (χ0v) is 14.3. The van der Waals surface area contributed by atoms with Crippen LogP contribution >= 0.6 is 0 Å². The third-order valence-corrected chi connectivity index (χ3v) is 4.91. The van der Waals surface area contributed by atoms with Crippen LogP contribution in [-0.4, -0.2) is 74.8 Å². The van der Waals surface area contributed by atoms with E-state index in [-0.39, 0.29) is 18.4 Å². The Balaban J connectivity index is 1.43. The van der Waals surface area contributed by atoms with Gasteiger partial charge in [-0.2, -0.15) is 5.10 Å². The van der Waals surface area contributed by atoms with Gasteiger partial charge in [0.1, 0.15) is 12.1 Å². The van der Waals surface area contributed by atoms with Gasteiger partial charge < -0.3 is 15.3 Å². The number of hydrogen-bond acceptors (Lipinski definition) is 5. The average molecular weight is 355 g/mol. The summed E-state index contributed by atoms with van der Waals surface area (Å²) in [4.78, 5) is 28.3. The summed E-state index contributed by atoms with van der Waals surface area (Å²) in [6.07, 6.45) is 3.81. The summed E-state index contributed by atoms with van der Waals surface area (Å²) in [5, 5.41) is 16.2.